The quantitative estimate of drug-likeness (QED) is 0.543. The van der Waals surface area contributed by atoms with Crippen LogP contribution in [0.4, 0.5) is 8.78 Å². The van der Waals surface area contributed by atoms with Gasteiger partial charge in [0.15, 0.2) is 0 Å². The fraction of sp³-hybridized carbons (Fsp3) is 0.571. The molecule has 0 aromatic carbocycles. The van der Waals surface area contributed by atoms with Crippen LogP contribution in [0.25, 0.3) is 0 Å². The minimum absolute atomic E-state index is 0.134. The molecule has 0 radical (unpaired) electrons. The van der Waals surface area contributed by atoms with Crippen molar-refractivity contribution in [3.63, 3.8) is 0 Å². The second-order valence-corrected chi connectivity index (χ2v) is 1.70. The summed E-state index contributed by atoms with van der Waals surface area (Å²) in [4.78, 5) is 3.59. The Kier molecular flexibility index (Phi) is 4.72. The number of allylic oxidation sites excluding steroid dienone is 2. The normalized spacial score (nSPS) is 13.5. The molecule has 0 bridgehead atoms. The average molecular weight is 147 g/mol. The van der Waals surface area contributed by atoms with Crippen LogP contribution in [0.15, 0.2) is 17.1 Å². The smallest absolute Gasteiger partial charge is 0.279 e. The molecule has 0 rings (SSSR count). The molecule has 0 aromatic rings. The Bertz CT molecular complexity index is 139. The van der Waals surface area contributed by atoms with Gasteiger partial charge in [0, 0.05) is 6.54 Å². The maximum atomic E-state index is 11.9. The van der Waals surface area contributed by atoms with E-state index in [-0.39, 0.29) is 5.71 Å². The highest BCUT2D eigenvalue weighted by atomic mass is 19.3. The summed E-state index contributed by atoms with van der Waals surface area (Å²) in [6.45, 7) is 3.82. The number of nitrogens with zero attached hydrogens (tertiary/aromatic N) is 1. The Balaban J connectivity index is 4.11. The van der Waals surface area contributed by atoms with Crippen LogP contribution >= 0.6 is 0 Å². The van der Waals surface area contributed by atoms with Crippen LogP contribution in [0.5, 0.6) is 0 Å². The number of hydrogen-bond donors (Lipinski definition) is 0. The van der Waals surface area contributed by atoms with Crippen LogP contribution < -0.4 is 0 Å². The lowest BCUT2D eigenvalue weighted by Gasteiger charge is -1.96. The van der Waals surface area contributed by atoms with Crippen molar-refractivity contribution in [2.45, 2.75) is 20.3 Å². The van der Waals surface area contributed by atoms with Crippen molar-refractivity contribution in [3.05, 3.63) is 12.2 Å². The third-order valence-corrected chi connectivity index (χ3v) is 0.902. The maximum Gasteiger partial charge on any atom is 0.279 e. The molecule has 0 aliphatic carbocycles. The van der Waals surface area contributed by atoms with Gasteiger partial charge in [0.2, 0.25) is 0 Å². The molecule has 1 nitrogen and oxygen atoms in total. The second kappa shape index (κ2) is 5.09. The minimum Gasteiger partial charge on any atom is -0.284 e. The lowest BCUT2D eigenvalue weighted by Crippen LogP contribution is -2.06. The van der Waals surface area contributed by atoms with Gasteiger partial charge in [-0.25, -0.2) is 8.78 Å². The predicted octanol–water partition coefficient (Wildman–Crippen LogP) is 2.29. The van der Waals surface area contributed by atoms with Gasteiger partial charge in [-0.3, -0.25) is 4.99 Å². The van der Waals surface area contributed by atoms with Gasteiger partial charge in [0.1, 0.15) is 5.71 Å². The highest BCUT2D eigenvalue weighted by molar-refractivity contribution is 5.97. The first-order chi connectivity index (χ1) is 4.72. The van der Waals surface area contributed by atoms with E-state index in [4.69, 9.17) is 0 Å². The molecule has 0 saturated carbocycles. The molecule has 0 fully saturated rings. The third-order valence-electron chi connectivity index (χ3n) is 0.902. The van der Waals surface area contributed by atoms with Crippen molar-refractivity contribution in [2.24, 2.45) is 4.99 Å². The molecule has 0 spiro atoms. The lowest BCUT2D eigenvalue weighted by molar-refractivity contribution is 0.226. The Hall–Kier alpha value is -0.730. The Morgan fingerprint density at radius 2 is 2.20 bits per heavy atom. The zero-order valence-corrected chi connectivity index (χ0v) is 6.14. The zero-order chi connectivity index (χ0) is 7.98. The monoisotopic (exact) mass is 147 g/mol. The van der Waals surface area contributed by atoms with Gasteiger partial charge in [-0.05, 0) is 19.9 Å². The SMILES string of the molecule is C/C=C\C(=NCC)C(F)F. The van der Waals surface area contributed by atoms with Gasteiger partial charge in [0.25, 0.3) is 6.43 Å². The molecular weight excluding hydrogens is 136 g/mol. The molecule has 58 valence electrons. The van der Waals surface area contributed by atoms with Gasteiger partial charge in [-0.15, -0.1) is 0 Å². The average Bonchev–Trinajstić information content (AvgIpc) is 1.87. The highest BCUT2D eigenvalue weighted by Crippen LogP contribution is 1.98. The Labute approximate surface area is 59.5 Å². The molecule has 0 aromatic heterocycles. The van der Waals surface area contributed by atoms with Gasteiger partial charge >= 0.3 is 0 Å². The standard InChI is InChI=1S/C7H11F2N/c1-3-5-6(7(8)9)10-4-2/h3,5,7H,4H2,1-2H3/b5-3-,10-6?. The predicted molar refractivity (Wildman–Crippen MR) is 38.8 cm³/mol. The molecular formula is C7H11F2N. The number of aliphatic imine (C=N–C) groups is 1. The number of halogens is 2. The van der Waals surface area contributed by atoms with Crippen LogP contribution in [-0.4, -0.2) is 18.7 Å². The summed E-state index contributed by atoms with van der Waals surface area (Å²) < 4.78 is 23.8. The van der Waals surface area contributed by atoms with E-state index in [1.165, 1.54) is 6.08 Å². The third kappa shape index (κ3) is 3.33. The van der Waals surface area contributed by atoms with E-state index in [9.17, 15) is 8.78 Å². The van der Waals surface area contributed by atoms with Gasteiger partial charge < -0.3 is 0 Å². The van der Waals surface area contributed by atoms with Crippen LogP contribution in [-0.2, 0) is 0 Å². The van der Waals surface area contributed by atoms with Gasteiger partial charge in [-0.1, -0.05) is 6.08 Å². The first-order valence-corrected chi connectivity index (χ1v) is 3.17. The topological polar surface area (TPSA) is 12.4 Å². The van der Waals surface area contributed by atoms with Gasteiger partial charge in [-0.2, -0.15) is 0 Å². The fourth-order valence-electron chi connectivity index (χ4n) is 0.548. The molecule has 0 N–H and O–H groups in total. The number of alkyl halides is 2. The molecule has 0 unspecified atom stereocenters. The molecule has 0 aliphatic heterocycles. The van der Waals surface area contributed by atoms with Gasteiger partial charge in [0.05, 0.1) is 0 Å². The first-order valence-electron chi connectivity index (χ1n) is 3.17. The lowest BCUT2D eigenvalue weighted by atomic mass is 10.3. The van der Waals surface area contributed by atoms with E-state index in [0.717, 1.165) is 0 Å². The Morgan fingerprint density at radius 1 is 1.60 bits per heavy atom. The number of hydrogen-bond acceptors (Lipinski definition) is 1. The molecule has 0 aliphatic rings. The van der Waals surface area contributed by atoms with Crippen molar-refractivity contribution in [1.29, 1.82) is 0 Å². The van der Waals surface area contributed by atoms with Crippen molar-refractivity contribution in [3.8, 4) is 0 Å². The Morgan fingerprint density at radius 3 is 2.50 bits per heavy atom. The van der Waals surface area contributed by atoms with Crippen LogP contribution in [0, 0.1) is 0 Å². The van der Waals surface area contributed by atoms with Crippen molar-refractivity contribution < 1.29 is 8.78 Å². The van der Waals surface area contributed by atoms with E-state index in [1.54, 1.807) is 19.9 Å². The minimum atomic E-state index is -2.45. The molecule has 0 heterocycles. The molecule has 0 amide bonds. The summed E-state index contributed by atoms with van der Waals surface area (Å²) >= 11 is 0. The number of rotatable bonds is 3. The maximum absolute atomic E-state index is 11.9. The van der Waals surface area contributed by atoms with Crippen LogP contribution in [0.1, 0.15) is 13.8 Å². The summed E-state index contributed by atoms with van der Waals surface area (Å²) in [7, 11) is 0. The fourth-order valence-corrected chi connectivity index (χ4v) is 0.548. The van der Waals surface area contributed by atoms with E-state index in [2.05, 4.69) is 4.99 Å². The van der Waals surface area contributed by atoms with E-state index >= 15 is 0 Å². The molecule has 10 heavy (non-hydrogen) atoms. The van der Waals surface area contributed by atoms with E-state index < -0.39 is 6.43 Å². The molecule has 3 heteroatoms. The van der Waals surface area contributed by atoms with Crippen LogP contribution in [0.2, 0.25) is 0 Å². The summed E-state index contributed by atoms with van der Waals surface area (Å²) in [5.74, 6) is 0. The summed E-state index contributed by atoms with van der Waals surface area (Å²) in [6, 6.07) is 0. The zero-order valence-electron chi connectivity index (χ0n) is 6.14. The van der Waals surface area contributed by atoms with Crippen molar-refractivity contribution in [2.75, 3.05) is 6.54 Å². The summed E-state index contributed by atoms with van der Waals surface area (Å²) in [5, 5.41) is 0. The van der Waals surface area contributed by atoms with Crippen molar-refractivity contribution in [1.82, 2.24) is 0 Å². The first kappa shape index (κ1) is 9.27. The highest BCUT2D eigenvalue weighted by Gasteiger charge is 2.07. The van der Waals surface area contributed by atoms with Crippen LogP contribution in [0.3, 0.4) is 0 Å². The van der Waals surface area contributed by atoms with Crippen molar-refractivity contribution >= 4 is 5.71 Å². The largest absolute Gasteiger partial charge is 0.284 e. The second-order valence-electron chi connectivity index (χ2n) is 1.70. The van der Waals surface area contributed by atoms with E-state index in [1.807, 2.05) is 0 Å². The molecule has 0 saturated heterocycles. The summed E-state index contributed by atoms with van der Waals surface area (Å²) in [6.07, 6.45) is 0.436. The summed E-state index contributed by atoms with van der Waals surface area (Å²) in [5.41, 5.74) is -0.134. The van der Waals surface area contributed by atoms with E-state index in [0.29, 0.717) is 6.54 Å². The molecule has 0 atom stereocenters.